The van der Waals surface area contributed by atoms with Crippen LogP contribution in [-0.4, -0.2) is 44.5 Å². The molecule has 2 unspecified atom stereocenters. The van der Waals surface area contributed by atoms with Crippen LogP contribution in [-0.2, 0) is 14.8 Å². The standard InChI is InChI=1S/C19H19F3N2O4S/c1-11-9-24(10-12(2)28-11)19(25)13-5-3-4-6-15(13)23-29(26,27)16-8-7-14(20)17(21)18(16)22/h3-8,11-12,23H,9-10H2,1-2H3. The average molecular weight is 428 g/mol. The fraction of sp³-hybridized carbons (Fsp3) is 0.316. The SMILES string of the molecule is CC1CN(C(=O)c2ccccc2NS(=O)(=O)c2ccc(F)c(F)c2F)CC(C)O1. The Hall–Kier alpha value is -2.59. The number of hydrogen-bond acceptors (Lipinski definition) is 4. The van der Waals surface area contributed by atoms with Crippen LogP contribution in [0.2, 0.25) is 0 Å². The molecule has 3 rings (SSSR count). The van der Waals surface area contributed by atoms with Gasteiger partial charge in [0.05, 0.1) is 23.5 Å². The molecule has 0 spiro atoms. The van der Waals surface area contributed by atoms with Crippen LogP contribution >= 0.6 is 0 Å². The highest BCUT2D eigenvalue weighted by atomic mass is 32.2. The van der Waals surface area contributed by atoms with Crippen LogP contribution in [0.25, 0.3) is 0 Å². The number of hydrogen-bond donors (Lipinski definition) is 1. The van der Waals surface area contributed by atoms with Gasteiger partial charge in [-0.25, -0.2) is 21.6 Å². The minimum atomic E-state index is -4.62. The van der Waals surface area contributed by atoms with Gasteiger partial charge in [0.2, 0.25) is 0 Å². The summed E-state index contributed by atoms with van der Waals surface area (Å²) >= 11 is 0. The van der Waals surface area contributed by atoms with Crippen molar-refractivity contribution >= 4 is 21.6 Å². The molecule has 2 aromatic carbocycles. The highest BCUT2D eigenvalue weighted by molar-refractivity contribution is 7.92. The van der Waals surface area contributed by atoms with Gasteiger partial charge < -0.3 is 9.64 Å². The van der Waals surface area contributed by atoms with Crippen molar-refractivity contribution in [3.8, 4) is 0 Å². The molecule has 6 nitrogen and oxygen atoms in total. The summed E-state index contributed by atoms with van der Waals surface area (Å²) in [5.74, 6) is -5.67. The maximum absolute atomic E-state index is 14.0. The third-order valence-electron chi connectivity index (χ3n) is 4.40. The van der Waals surface area contributed by atoms with Gasteiger partial charge in [-0.1, -0.05) is 12.1 Å². The number of benzene rings is 2. The van der Waals surface area contributed by atoms with Crippen LogP contribution in [0.15, 0.2) is 41.3 Å². The number of para-hydroxylation sites is 1. The van der Waals surface area contributed by atoms with E-state index < -0.39 is 38.3 Å². The first-order valence-corrected chi connectivity index (χ1v) is 10.3. The number of nitrogens with zero attached hydrogens (tertiary/aromatic N) is 1. The molecular weight excluding hydrogens is 409 g/mol. The molecule has 1 fully saturated rings. The van der Waals surface area contributed by atoms with E-state index in [1.165, 1.54) is 23.1 Å². The molecule has 0 saturated carbocycles. The van der Waals surface area contributed by atoms with E-state index in [2.05, 4.69) is 4.72 Å². The van der Waals surface area contributed by atoms with E-state index in [1.54, 1.807) is 6.07 Å². The van der Waals surface area contributed by atoms with Gasteiger partial charge in [-0.2, -0.15) is 0 Å². The number of sulfonamides is 1. The number of rotatable bonds is 4. The van der Waals surface area contributed by atoms with Gasteiger partial charge in [0.15, 0.2) is 17.5 Å². The fourth-order valence-corrected chi connectivity index (χ4v) is 4.34. The van der Waals surface area contributed by atoms with Crippen LogP contribution in [0.3, 0.4) is 0 Å². The lowest BCUT2D eigenvalue weighted by molar-refractivity contribution is -0.0585. The number of nitrogens with one attached hydrogen (secondary N) is 1. The van der Waals surface area contributed by atoms with Gasteiger partial charge in [-0.3, -0.25) is 9.52 Å². The van der Waals surface area contributed by atoms with E-state index in [0.29, 0.717) is 25.2 Å². The predicted octanol–water partition coefficient (Wildman–Crippen LogP) is 3.15. The Morgan fingerprint density at radius 3 is 2.31 bits per heavy atom. The third kappa shape index (κ3) is 4.38. The molecule has 0 aromatic heterocycles. The molecule has 1 aliphatic rings. The molecule has 2 aromatic rings. The highest BCUT2D eigenvalue weighted by Crippen LogP contribution is 2.25. The molecule has 10 heteroatoms. The molecule has 1 aliphatic heterocycles. The smallest absolute Gasteiger partial charge is 0.264 e. The zero-order chi connectivity index (χ0) is 21.3. The number of carbonyl (C=O) groups excluding carboxylic acids is 1. The second-order valence-corrected chi connectivity index (χ2v) is 8.44. The van der Waals surface area contributed by atoms with Crippen LogP contribution in [0.5, 0.6) is 0 Å². The van der Waals surface area contributed by atoms with Crippen molar-refractivity contribution in [2.75, 3.05) is 17.8 Å². The predicted molar refractivity (Wildman–Crippen MR) is 99.5 cm³/mol. The van der Waals surface area contributed by atoms with Crippen molar-refractivity contribution in [1.82, 2.24) is 4.90 Å². The van der Waals surface area contributed by atoms with Crippen molar-refractivity contribution in [1.29, 1.82) is 0 Å². The molecule has 0 aliphatic carbocycles. The van der Waals surface area contributed by atoms with Crippen molar-refractivity contribution in [3.05, 3.63) is 59.4 Å². The quantitative estimate of drug-likeness (QED) is 0.760. The lowest BCUT2D eigenvalue weighted by atomic mass is 10.1. The zero-order valence-corrected chi connectivity index (χ0v) is 16.5. The molecule has 156 valence electrons. The zero-order valence-electron chi connectivity index (χ0n) is 15.7. The minimum Gasteiger partial charge on any atom is -0.372 e. The van der Waals surface area contributed by atoms with Crippen LogP contribution in [0, 0.1) is 17.5 Å². The summed E-state index contributed by atoms with van der Waals surface area (Å²) in [7, 11) is -4.62. The van der Waals surface area contributed by atoms with Gasteiger partial charge in [0.25, 0.3) is 15.9 Å². The largest absolute Gasteiger partial charge is 0.372 e. The van der Waals surface area contributed by atoms with Crippen molar-refractivity contribution in [2.24, 2.45) is 0 Å². The summed E-state index contributed by atoms with van der Waals surface area (Å²) in [6.45, 7) is 4.27. The maximum Gasteiger partial charge on any atom is 0.264 e. The third-order valence-corrected chi connectivity index (χ3v) is 5.78. The van der Waals surface area contributed by atoms with Crippen molar-refractivity contribution in [3.63, 3.8) is 0 Å². The summed E-state index contributed by atoms with van der Waals surface area (Å²) in [5, 5.41) is 0. The van der Waals surface area contributed by atoms with Crippen LogP contribution in [0.1, 0.15) is 24.2 Å². The Labute approximate surface area is 166 Å². The summed E-state index contributed by atoms with van der Waals surface area (Å²) in [6.07, 6.45) is -0.384. The monoisotopic (exact) mass is 428 g/mol. The van der Waals surface area contributed by atoms with Gasteiger partial charge >= 0.3 is 0 Å². The lowest BCUT2D eigenvalue weighted by Crippen LogP contribution is -2.48. The molecule has 2 atom stereocenters. The van der Waals surface area contributed by atoms with E-state index in [4.69, 9.17) is 4.74 Å². The van der Waals surface area contributed by atoms with Crippen LogP contribution < -0.4 is 4.72 Å². The molecule has 0 bridgehead atoms. The maximum atomic E-state index is 14.0. The van der Waals surface area contributed by atoms with Crippen molar-refractivity contribution < 1.29 is 31.1 Å². The van der Waals surface area contributed by atoms with Gasteiger partial charge in [-0.15, -0.1) is 0 Å². The Morgan fingerprint density at radius 1 is 1.03 bits per heavy atom. The Kier molecular flexibility index (Phi) is 5.85. The number of ether oxygens (including phenoxy) is 1. The summed E-state index contributed by atoms with van der Waals surface area (Å²) in [5.41, 5.74) is -0.0613. The van der Waals surface area contributed by atoms with E-state index in [9.17, 15) is 26.4 Å². The molecule has 29 heavy (non-hydrogen) atoms. The number of halogens is 3. The number of carbonyl (C=O) groups is 1. The van der Waals surface area contributed by atoms with Gasteiger partial charge in [-0.05, 0) is 38.1 Å². The Balaban J connectivity index is 1.93. The Morgan fingerprint density at radius 2 is 1.66 bits per heavy atom. The van der Waals surface area contributed by atoms with E-state index in [1.807, 2.05) is 13.8 Å². The minimum absolute atomic E-state index is 0.0420. The molecule has 1 saturated heterocycles. The first-order valence-electron chi connectivity index (χ1n) is 8.80. The van der Waals surface area contributed by atoms with Crippen LogP contribution in [0.4, 0.5) is 18.9 Å². The summed E-state index contributed by atoms with van der Waals surface area (Å²) in [6, 6.07) is 6.92. The Bertz CT molecular complexity index is 1040. The second kappa shape index (κ2) is 8.03. The van der Waals surface area contributed by atoms with E-state index in [0.717, 1.165) is 0 Å². The number of amides is 1. The molecule has 0 radical (unpaired) electrons. The molecule has 1 amide bonds. The number of anilines is 1. The van der Waals surface area contributed by atoms with Gasteiger partial charge in [0.1, 0.15) is 4.90 Å². The first kappa shape index (κ1) is 21.1. The number of morpholine rings is 1. The second-order valence-electron chi connectivity index (χ2n) is 6.79. The first-order chi connectivity index (χ1) is 13.6. The highest BCUT2D eigenvalue weighted by Gasteiger charge is 2.30. The van der Waals surface area contributed by atoms with E-state index >= 15 is 0 Å². The molecular formula is C19H19F3N2O4S. The average Bonchev–Trinajstić information content (AvgIpc) is 2.64. The van der Waals surface area contributed by atoms with Crippen molar-refractivity contribution in [2.45, 2.75) is 31.0 Å². The van der Waals surface area contributed by atoms with E-state index in [-0.39, 0.29) is 23.5 Å². The summed E-state index contributed by atoms with van der Waals surface area (Å²) < 4.78 is 73.4. The molecule has 1 N–H and O–H groups in total. The molecule has 1 heterocycles. The summed E-state index contributed by atoms with van der Waals surface area (Å²) in [4.78, 5) is 13.4. The normalized spacial score (nSPS) is 19.8. The fourth-order valence-electron chi connectivity index (χ4n) is 3.19. The lowest BCUT2D eigenvalue weighted by Gasteiger charge is -2.35. The van der Waals surface area contributed by atoms with Gasteiger partial charge in [0, 0.05) is 13.1 Å². The topological polar surface area (TPSA) is 75.7 Å².